The van der Waals surface area contributed by atoms with Crippen molar-refractivity contribution in [3.63, 3.8) is 0 Å². The SMILES string of the molecule is Cc1cc(-c2c(-c3ccncc3)nc3ccc(N4CCNC(C)(C)C4)nn23)ccn1. The molecule has 30 heavy (non-hydrogen) atoms. The Morgan fingerprint density at radius 3 is 2.57 bits per heavy atom. The summed E-state index contributed by atoms with van der Waals surface area (Å²) in [5, 5.41) is 8.60. The number of anilines is 1. The van der Waals surface area contributed by atoms with Crippen LogP contribution in [0.5, 0.6) is 0 Å². The molecule has 1 aliphatic heterocycles. The van der Waals surface area contributed by atoms with E-state index in [0.29, 0.717) is 0 Å². The number of nitrogens with zero attached hydrogens (tertiary/aromatic N) is 6. The lowest BCUT2D eigenvalue weighted by molar-refractivity contribution is 0.351. The molecule has 1 N–H and O–H groups in total. The van der Waals surface area contributed by atoms with E-state index in [1.54, 1.807) is 12.4 Å². The molecule has 0 unspecified atom stereocenters. The van der Waals surface area contributed by atoms with Gasteiger partial charge in [0.1, 0.15) is 11.5 Å². The van der Waals surface area contributed by atoms with Crippen LogP contribution in [-0.4, -0.2) is 49.7 Å². The highest BCUT2D eigenvalue weighted by molar-refractivity contribution is 5.81. The van der Waals surface area contributed by atoms with Gasteiger partial charge in [-0.25, -0.2) is 9.50 Å². The third kappa shape index (κ3) is 3.41. The second kappa shape index (κ2) is 7.18. The first-order valence-corrected chi connectivity index (χ1v) is 10.2. The number of rotatable bonds is 3. The van der Waals surface area contributed by atoms with Crippen LogP contribution in [0.15, 0.2) is 55.0 Å². The molecule has 0 radical (unpaired) electrons. The van der Waals surface area contributed by atoms with Crippen molar-refractivity contribution in [2.75, 3.05) is 24.5 Å². The molecule has 1 saturated heterocycles. The zero-order valence-corrected chi connectivity index (χ0v) is 17.5. The van der Waals surface area contributed by atoms with E-state index in [-0.39, 0.29) is 5.54 Å². The van der Waals surface area contributed by atoms with Crippen molar-refractivity contribution < 1.29 is 0 Å². The van der Waals surface area contributed by atoms with Gasteiger partial charge >= 0.3 is 0 Å². The number of aryl methyl sites for hydroxylation is 1. The highest BCUT2D eigenvalue weighted by Crippen LogP contribution is 2.33. The molecule has 7 nitrogen and oxygen atoms in total. The normalized spacial score (nSPS) is 16.2. The van der Waals surface area contributed by atoms with Gasteiger partial charge in [-0.1, -0.05) is 0 Å². The maximum Gasteiger partial charge on any atom is 0.155 e. The lowest BCUT2D eigenvalue weighted by Crippen LogP contribution is -2.57. The molecule has 0 saturated carbocycles. The Balaban J connectivity index is 1.70. The van der Waals surface area contributed by atoms with Gasteiger partial charge in [0, 0.05) is 60.6 Å². The fourth-order valence-electron chi connectivity index (χ4n) is 4.09. The van der Waals surface area contributed by atoms with Gasteiger partial charge < -0.3 is 10.2 Å². The van der Waals surface area contributed by atoms with Crippen LogP contribution in [0.3, 0.4) is 0 Å². The minimum atomic E-state index is 0.0526. The van der Waals surface area contributed by atoms with Crippen LogP contribution in [0.4, 0.5) is 5.82 Å². The highest BCUT2D eigenvalue weighted by Gasteiger charge is 2.27. The molecule has 0 atom stereocenters. The van der Waals surface area contributed by atoms with Crippen molar-refractivity contribution in [2.45, 2.75) is 26.3 Å². The summed E-state index contributed by atoms with van der Waals surface area (Å²) in [5.41, 5.74) is 5.77. The first-order valence-electron chi connectivity index (χ1n) is 10.2. The smallest absolute Gasteiger partial charge is 0.155 e. The molecule has 4 aromatic rings. The van der Waals surface area contributed by atoms with E-state index in [9.17, 15) is 0 Å². The molecule has 4 aromatic heterocycles. The summed E-state index contributed by atoms with van der Waals surface area (Å²) in [6, 6.07) is 12.2. The molecule has 0 aliphatic carbocycles. The first kappa shape index (κ1) is 18.7. The van der Waals surface area contributed by atoms with Crippen LogP contribution >= 0.6 is 0 Å². The number of fused-ring (bicyclic) bond motifs is 1. The van der Waals surface area contributed by atoms with Gasteiger partial charge in [-0.05, 0) is 57.2 Å². The first-order chi connectivity index (χ1) is 14.5. The Bertz CT molecular complexity index is 1200. The third-order valence-corrected chi connectivity index (χ3v) is 5.48. The largest absolute Gasteiger partial charge is 0.352 e. The van der Waals surface area contributed by atoms with Crippen LogP contribution in [0.2, 0.25) is 0 Å². The summed E-state index contributed by atoms with van der Waals surface area (Å²) in [7, 11) is 0. The van der Waals surface area contributed by atoms with Crippen molar-refractivity contribution >= 4 is 11.5 Å². The van der Waals surface area contributed by atoms with Gasteiger partial charge in [0.05, 0.1) is 5.69 Å². The Hall–Kier alpha value is -3.32. The lowest BCUT2D eigenvalue weighted by atomic mass is 10.0. The summed E-state index contributed by atoms with van der Waals surface area (Å²) in [4.78, 5) is 15.8. The van der Waals surface area contributed by atoms with Gasteiger partial charge in [-0.2, -0.15) is 0 Å². The van der Waals surface area contributed by atoms with E-state index < -0.39 is 0 Å². The molecule has 0 spiro atoms. The molecule has 1 aliphatic rings. The Kier molecular flexibility index (Phi) is 4.47. The molecule has 0 bridgehead atoms. The second-order valence-corrected chi connectivity index (χ2v) is 8.42. The summed E-state index contributed by atoms with van der Waals surface area (Å²) >= 11 is 0. The van der Waals surface area contributed by atoms with E-state index >= 15 is 0 Å². The van der Waals surface area contributed by atoms with Crippen LogP contribution < -0.4 is 10.2 Å². The van der Waals surface area contributed by atoms with Crippen LogP contribution in [-0.2, 0) is 0 Å². The van der Waals surface area contributed by atoms with Gasteiger partial charge in [0.25, 0.3) is 0 Å². The fourth-order valence-corrected chi connectivity index (χ4v) is 4.09. The van der Waals surface area contributed by atoms with Crippen LogP contribution in [0, 0.1) is 6.92 Å². The van der Waals surface area contributed by atoms with Gasteiger partial charge in [-0.15, -0.1) is 5.10 Å². The number of piperazine rings is 1. The molecule has 152 valence electrons. The number of imidazole rings is 1. The molecular weight excluding hydrogens is 374 g/mol. The molecular formula is C23H25N7. The average Bonchev–Trinajstić information content (AvgIpc) is 3.12. The predicted molar refractivity (Wildman–Crippen MR) is 118 cm³/mol. The second-order valence-electron chi connectivity index (χ2n) is 8.42. The fraction of sp³-hybridized carbons (Fsp3) is 0.304. The van der Waals surface area contributed by atoms with Crippen LogP contribution in [0.25, 0.3) is 28.2 Å². The van der Waals surface area contributed by atoms with Gasteiger partial charge in [0.2, 0.25) is 0 Å². The topological polar surface area (TPSA) is 71.2 Å². The Morgan fingerprint density at radius 1 is 1.00 bits per heavy atom. The average molecular weight is 400 g/mol. The predicted octanol–water partition coefficient (Wildman–Crippen LogP) is 3.35. The van der Waals surface area contributed by atoms with Crippen LogP contribution in [0.1, 0.15) is 19.5 Å². The van der Waals surface area contributed by atoms with Gasteiger partial charge in [-0.3, -0.25) is 9.97 Å². The monoisotopic (exact) mass is 399 g/mol. The molecule has 5 heterocycles. The maximum absolute atomic E-state index is 5.03. The summed E-state index contributed by atoms with van der Waals surface area (Å²) in [5.74, 6) is 0.961. The summed E-state index contributed by atoms with van der Waals surface area (Å²) in [6.07, 6.45) is 5.42. The van der Waals surface area contributed by atoms with E-state index in [2.05, 4.69) is 52.2 Å². The van der Waals surface area contributed by atoms with E-state index in [0.717, 1.165) is 59.3 Å². The van der Waals surface area contributed by atoms with Crippen molar-refractivity contribution in [3.8, 4) is 22.5 Å². The Labute approximate surface area is 175 Å². The number of nitrogens with one attached hydrogen (secondary N) is 1. The zero-order valence-electron chi connectivity index (χ0n) is 17.5. The maximum atomic E-state index is 5.03. The van der Waals surface area contributed by atoms with Crippen molar-refractivity contribution in [1.29, 1.82) is 0 Å². The zero-order chi connectivity index (χ0) is 20.7. The highest BCUT2D eigenvalue weighted by atomic mass is 15.4. The molecule has 7 heteroatoms. The standard InChI is InChI=1S/C23H25N7/c1-16-14-18(8-11-25-16)22-21(17-6-9-24-10-7-17)27-19-4-5-20(28-30(19)22)29-13-12-26-23(2,3)15-29/h4-11,14,26H,12-13,15H2,1-3H3. The number of hydrogen-bond acceptors (Lipinski definition) is 6. The van der Waals surface area contributed by atoms with E-state index in [1.807, 2.05) is 35.8 Å². The molecule has 0 aromatic carbocycles. The minimum Gasteiger partial charge on any atom is -0.352 e. The number of pyridine rings is 2. The summed E-state index contributed by atoms with van der Waals surface area (Å²) in [6.45, 7) is 9.22. The van der Waals surface area contributed by atoms with Crippen molar-refractivity contribution in [2.24, 2.45) is 0 Å². The van der Waals surface area contributed by atoms with Crippen molar-refractivity contribution in [3.05, 3.63) is 60.7 Å². The quantitative estimate of drug-likeness (QED) is 0.570. The molecule has 0 amide bonds. The van der Waals surface area contributed by atoms with Gasteiger partial charge in [0.15, 0.2) is 5.65 Å². The molecule has 5 rings (SSSR count). The Morgan fingerprint density at radius 2 is 1.80 bits per heavy atom. The summed E-state index contributed by atoms with van der Waals surface area (Å²) < 4.78 is 1.97. The lowest BCUT2D eigenvalue weighted by Gasteiger charge is -2.39. The molecule has 1 fully saturated rings. The van der Waals surface area contributed by atoms with E-state index in [1.165, 1.54) is 0 Å². The minimum absolute atomic E-state index is 0.0526. The number of hydrogen-bond donors (Lipinski definition) is 1. The third-order valence-electron chi connectivity index (χ3n) is 5.48. The van der Waals surface area contributed by atoms with Crippen molar-refractivity contribution in [1.82, 2.24) is 29.9 Å². The number of aromatic nitrogens is 5. The van der Waals surface area contributed by atoms with E-state index in [4.69, 9.17) is 10.1 Å².